The average Bonchev–Trinajstić information content (AvgIpc) is 3.87. The predicted molar refractivity (Wildman–Crippen MR) is 233 cm³/mol. The standard InChI is InChI=1S/C53H33NS/c1-3-16-36(17-4-1)54(37-18-5-2-6-19-37)38-28-30-44-49(33-38)53(52-51(44)45-24-12-14-26-50(45)55-52)47-25-13-11-23-42(47)43-29-27-35(32-48(43)53)46-31-34-15-7-8-20-39(34)40-21-9-10-22-41(40)46/h1-33H. The average molecular weight is 716 g/mol. The number of benzene rings is 9. The van der Waals surface area contributed by atoms with Gasteiger partial charge < -0.3 is 4.90 Å². The van der Waals surface area contributed by atoms with Crippen molar-refractivity contribution in [2.24, 2.45) is 0 Å². The van der Waals surface area contributed by atoms with Gasteiger partial charge in [0.2, 0.25) is 0 Å². The number of nitrogens with zero attached hydrogens (tertiary/aromatic N) is 1. The number of hydrogen-bond acceptors (Lipinski definition) is 2. The lowest BCUT2D eigenvalue weighted by atomic mass is 9.73. The second kappa shape index (κ2) is 11.6. The van der Waals surface area contributed by atoms with E-state index in [-0.39, 0.29) is 0 Å². The third-order valence-electron chi connectivity index (χ3n) is 12.0. The molecular formula is C53H33NS. The van der Waals surface area contributed by atoms with Crippen molar-refractivity contribution in [2.75, 3.05) is 4.90 Å². The molecule has 0 fully saturated rings. The van der Waals surface area contributed by atoms with Crippen LogP contribution in [0.5, 0.6) is 0 Å². The fourth-order valence-electron chi connectivity index (χ4n) is 9.78. The Morgan fingerprint density at radius 3 is 1.76 bits per heavy atom. The number of hydrogen-bond donors (Lipinski definition) is 0. The molecule has 0 radical (unpaired) electrons. The molecule has 12 rings (SSSR count). The van der Waals surface area contributed by atoms with Crippen LogP contribution < -0.4 is 4.90 Å². The van der Waals surface area contributed by atoms with Crippen LogP contribution in [0.4, 0.5) is 17.1 Å². The first kappa shape index (κ1) is 30.7. The molecule has 1 atom stereocenters. The van der Waals surface area contributed by atoms with Gasteiger partial charge in [0.15, 0.2) is 0 Å². The van der Waals surface area contributed by atoms with E-state index in [4.69, 9.17) is 0 Å². The van der Waals surface area contributed by atoms with Crippen LogP contribution in [0.1, 0.15) is 21.6 Å². The molecule has 1 nitrogen and oxygen atoms in total. The summed E-state index contributed by atoms with van der Waals surface area (Å²) in [5.74, 6) is 0. The molecule has 0 bridgehead atoms. The van der Waals surface area contributed by atoms with E-state index < -0.39 is 5.41 Å². The normalized spacial score (nSPS) is 15.0. The molecule has 1 aromatic heterocycles. The molecule has 0 saturated heterocycles. The third-order valence-corrected chi connectivity index (χ3v) is 13.3. The first-order valence-corrected chi connectivity index (χ1v) is 19.8. The van der Waals surface area contributed by atoms with Crippen molar-refractivity contribution in [1.29, 1.82) is 0 Å². The van der Waals surface area contributed by atoms with Crippen molar-refractivity contribution in [2.45, 2.75) is 5.41 Å². The molecule has 1 unspecified atom stereocenters. The van der Waals surface area contributed by atoms with Gasteiger partial charge in [-0.3, -0.25) is 0 Å². The molecule has 1 heterocycles. The van der Waals surface area contributed by atoms with Crippen LogP contribution >= 0.6 is 11.3 Å². The Hall–Kier alpha value is -6.74. The van der Waals surface area contributed by atoms with E-state index in [9.17, 15) is 0 Å². The second-order valence-corrected chi connectivity index (χ2v) is 15.8. The summed E-state index contributed by atoms with van der Waals surface area (Å²) in [7, 11) is 0. The smallest absolute Gasteiger partial charge is 0.0820 e. The lowest BCUT2D eigenvalue weighted by molar-refractivity contribution is 0.812. The summed E-state index contributed by atoms with van der Waals surface area (Å²) in [6, 6.07) is 74.3. The Morgan fingerprint density at radius 1 is 0.364 bits per heavy atom. The summed E-state index contributed by atoms with van der Waals surface area (Å²) in [6.07, 6.45) is 0. The topological polar surface area (TPSA) is 3.24 Å². The highest BCUT2D eigenvalue weighted by atomic mass is 32.1. The van der Waals surface area contributed by atoms with Gasteiger partial charge >= 0.3 is 0 Å². The Kier molecular flexibility index (Phi) is 6.49. The minimum Gasteiger partial charge on any atom is -0.310 e. The van der Waals surface area contributed by atoms with Gasteiger partial charge in [-0.05, 0) is 121 Å². The van der Waals surface area contributed by atoms with Crippen molar-refractivity contribution in [3.8, 4) is 33.4 Å². The van der Waals surface area contributed by atoms with E-state index in [1.54, 1.807) is 0 Å². The summed E-state index contributed by atoms with van der Waals surface area (Å²) in [4.78, 5) is 3.82. The van der Waals surface area contributed by atoms with Gasteiger partial charge in [-0.2, -0.15) is 0 Å². The summed E-state index contributed by atoms with van der Waals surface area (Å²) in [6.45, 7) is 0. The third kappa shape index (κ3) is 4.23. The Labute approximate surface area is 324 Å². The molecule has 0 saturated carbocycles. The summed E-state index contributed by atoms with van der Waals surface area (Å²) >= 11 is 1.97. The van der Waals surface area contributed by atoms with Gasteiger partial charge in [-0.25, -0.2) is 0 Å². The van der Waals surface area contributed by atoms with Crippen molar-refractivity contribution in [3.05, 3.63) is 222 Å². The SMILES string of the molecule is c1ccc(N(c2ccccc2)c2ccc3c(c2)C2(c4ccccc4-c4ccc(-c5cc6ccccc6c6ccccc56)cc42)c2sc4ccccc4c2-3)cc1. The first-order chi connectivity index (χ1) is 27.3. The van der Waals surface area contributed by atoms with E-state index in [0.717, 1.165) is 17.1 Å². The molecule has 55 heavy (non-hydrogen) atoms. The van der Waals surface area contributed by atoms with Gasteiger partial charge in [-0.1, -0.05) is 146 Å². The minimum absolute atomic E-state index is 0.488. The fourth-order valence-corrected chi connectivity index (χ4v) is 11.2. The van der Waals surface area contributed by atoms with Crippen LogP contribution in [0.2, 0.25) is 0 Å². The zero-order valence-electron chi connectivity index (χ0n) is 29.9. The number of rotatable bonds is 4. The van der Waals surface area contributed by atoms with Crippen LogP contribution in [0, 0.1) is 0 Å². The Morgan fingerprint density at radius 2 is 0.964 bits per heavy atom. The van der Waals surface area contributed by atoms with E-state index in [2.05, 4.69) is 205 Å². The van der Waals surface area contributed by atoms with Crippen molar-refractivity contribution >= 4 is 60.0 Å². The highest BCUT2D eigenvalue weighted by molar-refractivity contribution is 7.20. The number of fused-ring (bicyclic) bond motifs is 15. The molecule has 0 amide bonds. The quantitative estimate of drug-likeness (QED) is 0.164. The van der Waals surface area contributed by atoms with Crippen LogP contribution in [-0.4, -0.2) is 0 Å². The molecule has 2 heteroatoms. The minimum atomic E-state index is -0.488. The number of thiophene rings is 1. The van der Waals surface area contributed by atoms with Crippen molar-refractivity contribution in [1.82, 2.24) is 0 Å². The monoisotopic (exact) mass is 715 g/mol. The predicted octanol–water partition coefficient (Wildman–Crippen LogP) is 14.7. The molecular weight excluding hydrogens is 683 g/mol. The molecule has 0 N–H and O–H groups in total. The Balaban J connectivity index is 1.18. The van der Waals surface area contributed by atoms with E-state index >= 15 is 0 Å². The maximum absolute atomic E-state index is 2.54. The summed E-state index contributed by atoms with van der Waals surface area (Å²) < 4.78 is 1.33. The highest BCUT2D eigenvalue weighted by Crippen LogP contribution is 2.66. The highest BCUT2D eigenvalue weighted by Gasteiger charge is 2.53. The largest absolute Gasteiger partial charge is 0.310 e. The van der Waals surface area contributed by atoms with Gasteiger partial charge in [0.25, 0.3) is 0 Å². The van der Waals surface area contributed by atoms with Crippen LogP contribution in [0.3, 0.4) is 0 Å². The maximum atomic E-state index is 2.54. The molecule has 2 aliphatic rings. The molecule has 256 valence electrons. The van der Waals surface area contributed by atoms with Gasteiger partial charge in [0.1, 0.15) is 0 Å². The fraction of sp³-hybridized carbons (Fsp3) is 0.0189. The molecule has 1 spiro atoms. The van der Waals surface area contributed by atoms with Gasteiger partial charge in [0.05, 0.1) is 5.41 Å². The second-order valence-electron chi connectivity index (χ2n) is 14.8. The van der Waals surface area contributed by atoms with Crippen LogP contribution in [0.15, 0.2) is 200 Å². The number of anilines is 3. The lowest BCUT2D eigenvalue weighted by Gasteiger charge is -2.31. The van der Waals surface area contributed by atoms with E-state index in [1.165, 1.54) is 86.6 Å². The first-order valence-electron chi connectivity index (χ1n) is 19.0. The Bertz CT molecular complexity index is 3120. The van der Waals surface area contributed by atoms with E-state index in [0.29, 0.717) is 0 Å². The van der Waals surface area contributed by atoms with E-state index in [1.807, 2.05) is 11.3 Å². The zero-order chi connectivity index (χ0) is 36.1. The molecule has 10 aromatic rings. The van der Waals surface area contributed by atoms with Gasteiger partial charge in [0, 0.05) is 37.6 Å². The number of para-hydroxylation sites is 2. The van der Waals surface area contributed by atoms with Crippen LogP contribution in [-0.2, 0) is 5.41 Å². The maximum Gasteiger partial charge on any atom is 0.0820 e. The van der Waals surface area contributed by atoms with Crippen molar-refractivity contribution in [3.63, 3.8) is 0 Å². The van der Waals surface area contributed by atoms with Crippen LogP contribution in [0.25, 0.3) is 65.0 Å². The van der Waals surface area contributed by atoms with Crippen molar-refractivity contribution < 1.29 is 0 Å². The zero-order valence-corrected chi connectivity index (χ0v) is 30.7. The molecule has 9 aromatic carbocycles. The lowest BCUT2D eigenvalue weighted by Crippen LogP contribution is -2.25. The molecule has 2 aliphatic carbocycles. The summed E-state index contributed by atoms with van der Waals surface area (Å²) in [5.41, 5.74) is 14.8. The summed E-state index contributed by atoms with van der Waals surface area (Å²) in [5, 5.41) is 6.46. The molecule has 0 aliphatic heterocycles. The van der Waals surface area contributed by atoms with Gasteiger partial charge in [-0.15, -0.1) is 11.3 Å².